The largest absolute Gasteiger partial charge is 0.481 e. The molecule has 0 radical (unpaired) electrons. The van der Waals surface area contributed by atoms with Crippen LogP contribution >= 0.6 is 0 Å². The molecule has 2 rings (SSSR count). The molecule has 2 aromatic heterocycles. The summed E-state index contributed by atoms with van der Waals surface area (Å²) < 4.78 is 1.35. The second kappa shape index (κ2) is 4.88. The van der Waals surface area contributed by atoms with Crippen molar-refractivity contribution < 1.29 is 19.8 Å². The van der Waals surface area contributed by atoms with Crippen molar-refractivity contribution in [2.24, 2.45) is 5.92 Å². The molecule has 0 bridgehead atoms. The van der Waals surface area contributed by atoms with Crippen molar-refractivity contribution in [1.82, 2.24) is 19.5 Å². The highest BCUT2D eigenvalue weighted by Crippen LogP contribution is 2.11. The first kappa shape index (κ1) is 12.7. The van der Waals surface area contributed by atoms with Crippen LogP contribution in [0.1, 0.15) is 6.42 Å². The number of nitrogens with one attached hydrogen (secondary N) is 1. The van der Waals surface area contributed by atoms with Crippen LogP contribution in [0.2, 0.25) is 0 Å². The zero-order valence-corrected chi connectivity index (χ0v) is 9.61. The highest BCUT2D eigenvalue weighted by molar-refractivity contribution is 5.78. The highest BCUT2D eigenvalue weighted by atomic mass is 16.4. The van der Waals surface area contributed by atoms with Gasteiger partial charge in [0.1, 0.15) is 0 Å². The summed E-state index contributed by atoms with van der Waals surface area (Å²) >= 11 is 0. The highest BCUT2D eigenvalue weighted by Gasteiger charge is 2.22. The van der Waals surface area contributed by atoms with Crippen molar-refractivity contribution >= 4 is 23.1 Å². The van der Waals surface area contributed by atoms with Crippen LogP contribution in [0.4, 0.5) is 0 Å². The topological polar surface area (TPSA) is 138 Å². The molecule has 19 heavy (non-hydrogen) atoms. The second-order valence-corrected chi connectivity index (χ2v) is 3.93. The molecular weight excluding hydrogens is 256 g/mol. The van der Waals surface area contributed by atoms with Crippen LogP contribution < -0.4 is 5.56 Å². The molecule has 0 amide bonds. The Morgan fingerprint density at radius 3 is 2.74 bits per heavy atom. The summed E-state index contributed by atoms with van der Waals surface area (Å²) in [6.07, 6.45) is 1.93. The van der Waals surface area contributed by atoms with Gasteiger partial charge in [0.25, 0.3) is 5.56 Å². The van der Waals surface area contributed by atoms with Crippen molar-refractivity contribution in [3.05, 3.63) is 23.0 Å². The van der Waals surface area contributed by atoms with E-state index in [0.717, 1.165) is 0 Å². The molecule has 0 saturated heterocycles. The van der Waals surface area contributed by atoms with E-state index in [-0.39, 0.29) is 17.7 Å². The molecular formula is C10H10N4O5. The van der Waals surface area contributed by atoms with E-state index in [2.05, 4.69) is 15.0 Å². The molecule has 0 aliphatic rings. The Bertz CT molecular complexity index is 689. The smallest absolute Gasteiger partial charge is 0.308 e. The van der Waals surface area contributed by atoms with Gasteiger partial charge >= 0.3 is 11.9 Å². The lowest BCUT2D eigenvalue weighted by atomic mass is 10.1. The summed E-state index contributed by atoms with van der Waals surface area (Å²) in [4.78, 5) is 43.1. The number of H-pyrrole nitrogens is 1. The molecule has 2 aromatic rings. The molecule has 100 valence electrons. The minimum absolute atomic E-state index is 0.0852. The number of hydrogen-bond acceptors (Lipinski definition) is 5. The van der Waals surface area contributed by atoms with Crippen molar-refractivity contribution in [3.63, 3.8) is 0 Å². The van der Waals surface area contributed by atoms with E-state index in [0.29, 0.717) is 0 Å². The summed E-state index contributed by atoms with van der Waals surface area (Å²) in [5.41, 5.74) is -0.129. The van der Waals surface area contributed by atoms with Crippen molar-refractivity contribution in [1.29, 1.82) is 0 Å². The van der Waals surface area contributed by atoms with Gasteiger partial charge in [0.2, 0.25) is 0 Å². The number of imidazole rings is 1. The first-order chi connectivity index (χ1) is 8.99. The van der Waals surface area contributed by atoms with Gasteiger partial charge < -0.3 is 19.8 Å². The quantitative estimate of drug-likeness (QED) is 0.650. The standard InChI is InChI=1S/C10H10N4O5/c15-6(16)1-5(10(18)19)2-14-4-13-7-8(14)11-3-12-9(7)17/h3-5H,1-2H2,(H,15,16)(H,18,19)(H,11,12,17). The lowest BCUT2D eigenvalue weighted by Crippen LogP contribution is -2.23. The number of rotatable bonds is 5. The molecule has 0 saturated carbocycles. The van der Waals surface area contributed by atoms with Crippen LogP contribution in [0, 0.1) is 5.92 Å². The normalized spacial score (nSPS) is 12.4. The maximum absolute atomic E-state index is 11.4. The van der Waals surface area contributed by atoms with Gasteiger partial charge in [-0.3, -0.25) is 14.4 Å². The Hall–Kier alpha value is -2.71. The average Bonchev–Trinajstić information content (AvgIpc) is 2.72. The van der Waals surface area contributed by atoms with Gasteiger partial charge in [-0.25, -0.2) is 9.97 Å². The molecule has 1 unspecified atom stereocenters. The Morgan fingerprint density at radius 1 is 1.37 bits per heavy atom. The molecule has 0 aliphatic carbocycles. The third-order valence-corrected chi connectivity index (χ3v) is 2.59. The van der Waals surface area contributed by atoms with Gasteiger partial charge in [-0.1, -0.05) is 0 Å². The molecule has 0 aliphatic heterocycles. The molecule has 9 nitrogen and oxygen atoms in total. The van der Waals surface area contributed by atoms with Crippen LogP contribution in [0.3, 0.4) is 0 Å². The maximum atomic E-state index is 11.4. The summed E-state index contributed by atoms with van der Waals surface area (Å²) in [6.45, 7) is -0.116. The third kappa shape index (κ3) is 2.59. The van der Waals surface area contributed by atoms with E-state index in [1.807, 2.05) is 0 Å². The minimum atomic E-state index is -1.23. The van der Waals surface area contributed by atoms with E-state index >= 15 is 0 Å². The van der Waals surface area contributed by atoms with Crippen LogP contribution in [0.25, 0.3) is 11.2 Å². The Kier molecular flexibility index (Phi) is 3.27. The predicted octanol–water partition coefficient (Wildman–Crippen LogP) is -0.705. The monoisotopic (exact) mass is 266 g/mol. The van der Waals surface area contributed by atoms with Crippen molar-refractivity contribution in [3.8, 4) is 0 Å². The molecule has 0 spiro atoms. The summed E-state index contributed by atoms with van der Waals surface area (Å²) in [5, 5.41) is 17.6. The zero-order chi connectivity index (χ0) is 14.0. The van der Waals surface area contributed by atoms with Crippen molar-refractivity contribution in [2.45, 2.75) is 13.0 Å². The van der Waals surface area contributed by atoms with Gasteiger partial charge in [0.05, 0.1) is 25.0 Å². The number of fused-ring (bicyclic) bond motifs is 1. The molecule has 1 atom stereocenters. The predicted molar refractivity (Wildman–Crippen MR) is 61.5 cm³/mol. The number of nitrogens with zero attached hydrogens (tertiary/aromatic N) is 3. The van der Waals surface area contributed by atoms with Crippen LogP contribution in [0.15, 0.2) is 17.4 Å². The summed E-state index contributed by atoms with van der Waals surface area (Å²) in [6, 6.07) is 0. The third-order valence-electron chi connectivity index (χ3n) is 2.59. The van der Waals surface area contributed by atoms with Crippen LogP contribution in [0.5, 0.6) is 0 Å². The van der Waals surface area contributed by atoms with Gasteiger partial charge in [-0.2, -0.15) is 0 Å². The number of carboxylic acids is 2. The van der Waals surface area contributed by atoms with Crippen LogP contribution in [-0.4, -0.2) is 41.7 Å². The first-order valence-electron chi connectivity index (χ1n) is 5.32. The number of aliphatic carboxylic acids is 2. The zero-order valence-electron chi connectivity index (χ0n) is 9.61. The van der Waals surface area contributed by atoms with Crippen molar-refractivity contribution in [2.75, 3.05) is 0 Å². The van der Waals surface area contributed by atoms with Gasteiger partial charge in [0, 0.05) is 6.54 Å². The van der Waals surface area contributed by atoms with Crippen LogP contribution in [-0.2, 0) is 16.1 Å². The molecule has 3 N–H and O–H groups in total. The maximum Gasteiger partial charge on any atom is 0.308 e. The van der Waals surface area contributed by atoms with E-state index < -0.39 is 29.8 Å². The van der Waals surface area contributed by atoms with E-state index in [1.54, 1.807) is 0 Å². The van der Waals surface area contributed by atoms with E-state index in [9.17, 15) is 14.4 Å². The minimum Gasteiger partial charge on any atom is -0.481 e. The Labute approximate surface area is 105 Å². The molecule has 0 aromatic carbocycles. The van der Waals surface area contributed by atoms with E-state index in [1.165, 1.54) is 17.2 Å². The fourth-order valence-electron chi connectivity index (χ4n) is 1.70. The number of aromatic nitrogens is 4. The SMILES string of the molecule is O=C(O)CC(Cn1cnc2c(=O)[nH]cnc21)C(=O)O. The number of carboxylic acid groups (broad SMARTS) is 2. The number of hydrogen-bond donors (Lipinski definition) is 3. The Balaban J connectivity index is 2.34. The summed E-state index contributed by atoms with van der Waals surface area (Å²) in [7, 11) is 0. The van der Waals surface area contributed by atoms with E-state index in [4.69, 9.17) is 10.2 Å². The molecule has 9 heteroatoms. The Morgan fingerprint density at radius 2 is 2.11 bits per heavy atom. The summed E-state index contributed by atoms with van der Waals surface area (Å²) in [5.74, 6) is -3.55. The fourth-order valence-corrected chi connectivity index (χ4v) is 1.70. The fraction of sp³-hybridized carbons (Fsp3) is 0.300. The molecule has 0 fully saturated rings. The first-order valence-corrected chi connectivity index (χ1v) is 5.32. The van der Waals surface area contributed by atoms with Gasteiger partial charge in [-0.15, -0.1) is 0 Å². The van der Waals surface area contributed by atoms with Gasteiger partial charge in [0.15, 0.2) is 11.2 Å². The van der Waals surface area contributed by atoms with Gasteiger partial charge in [-0.05, 0) is 0 Å². The number of aromatic amines is 1. The average molecular weight is 266 g/mol. The number of carbonyl (C=O) groups is 2. The lowest BCUT2D eigenvalue weighted by molar-refractivity contribution is -0.148. The molecule has 2 heterocycles. The second-order valence-electron chi connectivity index (χ2n) is 3.93. The lowest BCUT2D eigenvalue weighted by Gasteiger charge is -2.10.